The molecule has 0 aromatic heterocycles. The van der Waals surface area contributed by atoms with Gasteiger partial charge in [-0.1, -0.05) is 56.9 Å². The summed E-state index contributed by atoms with van der Waals surface area (Å²) in [5.41, 5.74) is 5.11. The smallest absolute Gasteiger partial charge is 0.256 e. The topological polar surface area (TPSA) is 52.7 Å². The Bertz CT molecular complexity index is 965. The average molecular weight is 448 g/mol. The van der Waals surface area contributed by atoms with Crippen LogP contribution >= 0.6 is 0 Å². The summed E-state index contributed by atoms with van der Waals surface area (Å²) in [6.45, 7) is 5.52. The van der Waals surface area contributed by atoms with E-state index >= 15 is 0 Å². The zero-order chi connectivity index (χ0) is 23.0. The lowest BCUT2D eigenvalue weighted by Gasteiger charge is -2.33. The minimum atomic E-state index is 0.0331. The van der Waals surface area contributed by atoms with Crippen LogP contribution in [0.2, 0.25) is 0 Å². The Labute approximate surface area is 198 Å². The van der Waals surface area contributed by atoms with Crippen molar-refractivity contribution in [1.29, 1.82) is 0 Å². The molecule has 2 aliphatic heterocycles. The number of carbonyl (C=O) groups excluding carboxylic acids is 2. The van der Waals surface area contributed by atoms with E-state index in [-0.39, 0.29) is 11.8 Å². The summed E-state index contributed by atoms with van der Waals surface area (Å²) in [5, 5.41) is 3.04. The van der Waals surface area contributed by atoms with Gasteiger partial charge in [-0.15, -0.1) is 0 Å². The van der Waals surface area contributed by atoms with E-state index in [1.807, 2.05) is 23.1 Å². The molecule has 0 spiro atoms. The van der Waals surface area contributed by atoms with Gasteiger partial charge in [-0.3, -0.25) is 9.59 Å². The molecule has 0 aliphatic carbocycles. The van der Waals surface area contributed by atoms with E-state index in [4.69, 9.17) is 0 Å². The number of nitrogens with zero attached hydrogens (tertiary/aromatic N) is 2. The van der Waals surface area contributed by atoms with Gasteiger partial charge >= 0.3 is 0 Å². The van der Waals surface area contributed by atoms with Crippen molar-refractivity contribution in [3.8, 4) is 0 Å². The number of unbranched alkanes of at least 4 members (excludes halogenated alkanes) is 4. The molecular weight excluding hydrogens is 410 g/mol. The number of likely N-dealkylation sites (tertiary alicyclic amines) is 1. The average Bonchev–Trinajstić information content (AvgIpc) is 3.38. The highest BCUT2D eigenvalue weighted by Crippen LogP contribution is 2.31. The van der Waals surface area contributed by atoms with Gasteiger partial charge in [0.05, 0.1) is 5.56 Å². The zero-order valence-corrected chi connectivity index (χ0v) is 19.9. The van der Waals surface area contributed by atoms with E-state index in [1.54, 1.807) is 0 Å². The summed E-state index contributed by atoms with van der Waals surface area (Å²) in [6.07, 6.45) is 9.26. The molecule has 2 aromatic rings. The van der Waals surface area contributed by atoms with Gasteiger partial charge in [0, 0.05) is 44.0 Å². The number of hydrogen-bond donors (Lipinski definition) is 1. The third kappa shape index (κ3) is 5.95. The van der Waals surface area contributed by atoms with Gasteiger partial charge in [0.1, 0.15) is 0 Å². The van der Waals surface area contributed by atoms with Crippen LogP contribution in [0.1, 0.15) is 79.8 Å². The molecule has 2 amide bonds. The fourth-order valence-corrected chi connectivity index (χ4v) is 4.97. The first kappa shape index (κ1) is 23.3. The van der Waals surface area contributed by atoms with Crippen molar-refractivity contribution in [2.75, 3.05) is 29.9 Å². The first-order valence-electron chi connectivity index (χ1n) is 12.7. The Morgan fingerprint density at radius 1 is 0.909 bits per heavy atom. The molecule has 0 unspecified atom stereocenters. The van der Waals surface area contributed by atoms with Crippen molar-refractivity contribution >= 4 is 23.2 Å². The van der Waals surface area contributed by atoms with E-state index in [2.05, 4.69) is 41.4 Å². The van der Waals surface area contributed by atoms with Crippen molar-refractivity contribution in [3.05, 3.63) is 59.2 Å². The van der Waals surface area contributed by atoms with E-state index in [0.717, 1.165) is 69.7 Å². The molecule has 2 aliphatic rings. The third-order valence-electron chi connectivity index (χ3n) is 6.88. The monoisotopic (exact) mass is 447 g/mol. The maximum Gasteiger partial charge on any atom is 0.256 e. The predicted octanol–water partition coefficient (Wildman–Crippen LogP) is 5.78. The second kappa shape index (κ2) is 11.4. The molecule has 0 bridgehead atoms. The molecule has 0 saturated carbocycles. The lowest BCUT2D eigenvalue weighted by Crippen LogP contribution is -2.34. The summed E-state index contributed by atoms with van der Waals surface area (Å²) in [7, 11) is 0. The largest absolute Gasteiger partial charge is 0.366 e. The lowest BCUT2D eigenvalue weighted by molar-refractivity contribution is -0.116. The molecule has 5 nitrogen and oxygen atoms in total. The van der Waals surface area contributed by atoms with Gasteiger partial charge in [-0.05, 0) is 55.0 Å². The molecule has 5 heteroatoms. The van der Waals surface area contributed by atoms with Crippen LogP contribution in [0, 0.1) is 0 Å². The molecule has 2 heterocycles. The number of amides is 2. The first-order chi connectivity index (χ1) is 16.2. The highest BCUT2D eigenvalue weighted by molar-refractivity contribution is 6.02. The van der Waals surface area contributed by atoms with Crippen molar-refractivity contribution in [2.24, 2.45) is 0 Å². The Kier molecular flexibility index (Phi) is 8.03. The molecule has 1 N–H and O–H groups in total. The summed E-state index contributed by atoms with van der Waals surface area (Å²) in [6, 6.07) is 14.4. The normalized spacial score (nSPS) is 15.4. The van der Waals surface area contributed by atoms with Crippen LogP contribution in [-0.4, -0.2) is 36.3 Å². The van der Waals surface area contributed by atoms with Crippen molar-refractivity contribution < 1.29 is 9.59 Å². The van der Waals surface area contributed by atoms with Crippen molar-refractivity contribution in [2.45, 2.75) is 71.3 Å². The standard InChI is InChI=1S/C28H37N3O2/c1-2-3-4-5-6-13-27(32)29-24-14-15-26(25(20-24)28(33)30-17-9-10-18-30)31-19-16-22-11-7-8-12-23(22)21-31/h7-8,11-12,14-15,20H,2-6,9-10,13,16-19,21H2,1H3,(H,29,32). The van der Waals surface area contributed by atoms with E-state index in [1.165, 1.54) is 30.4 Å². The quantitative estimate of drug-likeness (QED) is 0.496. The Balaban J connectivity index is 1.50. The van der Waals surface area contributed by atoms with Crippen LogP contribution < -0.4 is 10.2 Å². The lowest BCUT2D eigenvalue weighted by atomic mass is 9.98. The fourth-order valence-electron chi connectivity index (χ4n) is 4.97. The van der Waals surface area contributed by atoms with Crippen molar-refractivity contribution in [1.82, 2.24) is 4.90 Å². The minimum Gasteiger partial charge on any atom is -0.366 e. The molecule has 1 saturated heterocycles. The molecule has 2 aromatic carbocycles. The first-order valence-corrected chi connectivity index (χ1v) is 12.7. The SMILES string of the molecule is CCCCCCCC(=O)Nc1ccc(N2CCc3ccccc3C2)c(C(=O)N2CCCC2)c1. The molecule has 0 atom stereocenters. The summed E-state index contributed by atoms with van der Waals surface area (Å²) in [5.74, 6) is 0.114. The summed E-state index contributed by atoms with van der Waals surface area (Å²) in [4.78, 5) is 30.2. The summed E-state index contributed by atoms with van der Waals surface area (Å²) < 4.78 is 0. The maximum atomic E-state index is 13.5. The van der Waals surface area contributed by atoms with Gasteiger partial charge in [-0.2, -0.15) is 0 Å². The molecular formula is C28H37N3O2. The second-order valence-corrected chi connectivity index (χ2v) is 9.38. The molecule has 33 heavy (non-hydrogen) atoms. The van der Waals surface area contributed by atoms with Crippen LogP contribution in [0.4, 0.5) is 11.4 Å². The predicted molar refractivity (Wildman–Crippen MR) is 135 cm³/mol. The summed E-state index contributed by atoms with van der Waals surface area (Å²) >= 11 is 0. The highest BCUT2D eigenvalue weighted by atomic mass is 16.2. The van der Waals surface area contributed by atoms with Gasteiger partial charge in [-0.25, -0.2) is 0 Å². The number of fused-ring (bicyclic) bond motifs is 1. The van der Waals surface area contributed by atoms with Crippen LogP contribution in [0.25, 0.3) is 0 Å². The Morgan fingerprint density at radius 2 is 1.67 bits per heavy atom. The molecule has 1 fully saturated rings. The van der Waals surface area contributed by atoms with Gasteiger partial charge in [0.15, 0.2) is 0 Å². The van der Waals surface area contributed by atoms with Crippen LogP contribution in [0.3, 0.4) is 0 Å². The van der Waals surface area contributed by atoms with E-state index < -0.39 is 0 Å². The van der Waals surface area contributed by atoms with Crippen LogP contribution in [0.5, 0.6) is 0 Å². The Morgan fingerprint density at radius 3 is 2.45 bits per heavy atom. The number of rotatable bonds is 9. The van der Waals surface area contributed by atoms with Crippen LogP contribution in [0.15, 0.2) is 42.5 Å². The fraction of sp³-hybridized carbons (Fsp3) is 0.500. The number of anilines is 2. The molecule has 0 radical (unpaired) electrons. The number of hydrogen-bond acceptors (Lipinski definition) is 3. The zero-order valence-electron chi connectivity index (χ0n) is 19.9. The highest BCUT2D eigenvalue weighted by Gasteiger charge is 2.26. The maximum absolute atomic E-state index is 13.5. The molecule has 4 rings (SSSR count). The number of benzene rings is 2. The molecule has 176 valence electrons. The number of carbonyl (C=O) groups is 2. The van der Waals surface area contributed by atoms with Gasteiger partial charge < -0.3 is 15.1 Å². The third-order valence-corrected chi connectivity index (χ3v) is 6.88. The minimum absolute atomic E-state index is 0.0331. The second-order valence-electron chi connectivity index (χ2n) is 9.38. The van der Waals surface area contributed by atoms with Gasteiger partial charge in [0.2, 0.25) is 5.91 Å². The van der Waals surface area contributed by atoms with E-state index in [9.17, 15) is 9.59 Å². The van der Waals surface area contributed by atoms with Gasteiger partial charge in [0.25, 0.3) is 5.91 Å². The number of nitrogens with one attached hydrogen (secondary N) is 1. The van der Waals surface area contributed by atoms with Crippen molar-refractivity contribution in [3.63, 3.8) is 0 Å². The Hall–Kier alpha value is -2.82. The van der Waals surface area contributed by atoms with E-state index in [0.29, 0.717) is 12.0 Å². The van der Waals surface area contributed by atoms with Crippen LogP contribution in [-0.2, 0) is 17.8 Å².